The number of benzene rings is 2. The molecule has 4 aliphatic heterocycles. The number of carbonyl (C=O) groups excluding carboxylic acids is 13. The van der Waals surface area contributed by atoms with Gasteiger partial charge in [0.1, 0.15) is 84.7 Å². The molecule has 31 nitrogen and oxygen atoms in total. The third kappa shape index (κ3) is 25.8. The highest BCUT2D eigenvalue weighted by Gasteiger charge is 2.43. The Morgan fingerprint density at radius 1 is 0.620 bits per heavy atom. The summed E-state index contributed by atoms with van der Waals surface area (Å²) in [4.78, 5) is 190. The molecule has 10 atom stereocenters. The number of nitrogens with two attached hydrogens (primary N) is 2. The Hall–Kier alpha value is -8.72. The van der Waals surface area contributed by atoms with E-state index >= 15 is 4.79 Å². The van der Waals surface area contributed by atoms with Crippen molar-refractivity contribution in [2.45, 2.75) is 202 Å². The van der Waals surface area contributed by atoms with Crippen molar-refractivity contribution >= 4 is 107 Å². The monoisotopic (exact) mass is 1430 g/mol. The number of phenolic OH excluding ortho intramolecular Hbond substituents is 1. The maximum Gasteiger partial charge on any atom is 0.266 e. The zero-order valence-electron chi connectivity index (χ0n) is 56.9. The van der Waals surface area contributed by atoms with Gasteiger partial charge >= 0.3 is 0 Å². The van der Waals surface area contributed by atoms with Crippen LogP contribution >= 0.6 is 23.5 Å². The van der Waals surface area contributed by atoms with Gasteiger partial charge in [0.05, 0.1) is 6.61 Å². The Kier molecular flexibility index (Phi) is 32.5. The van der Waals surface area contributed by atoms with E-state index in [0.717, 1.165) is 19.1 Å². The molecular weight excluding hydrogens is 1340 g/mol. The molecule has 4 aliphatic rings. The van der Waals surface area contributed by atoms with E-state index < -0.39 is 163 Å². The van der Waals surface area contributed by atoms with Gasteiger partial charge in [-0.1, -0.05) is 51.0 Å². The minimum atomic E-state index is -1.91. The van der Waals surface area contributed by atoms with Crippen LogP contribution in [0.25, 0.3) is 0 Å². The molecule has 0 saturated carbocycles. The molecule has 550 valence electrons. The van der Waals surface area contributed by atoms with Crippen LogP contribution in [0.4, 0.5) is 0 Å². The summed E-state index contributed by atoms with van der Waals surface area (Å²) in [5, 5.41) is 59.1. The molecule has 0 unspecified atom stereocenters. The summed E-state index contributed by atoms with van der Waals surface area (Å²) < 4.78 is 6.28. The molecule has 2 saturated heterocycles. The van der Waals surface area contributed by atoms with Crippen LogP contribution < -0.4 is 69.0 Å². The Morgan fingerprint density at radius 3 is 1.79 bits per heavy atom. The second kappa shape index (κ2) is 40.5. The molecule has 11 amide bonds. The number of carboxylic acids is 2. The molecule has 0 aliphatic carbocycles. The van der Waals surface area contributed by atoms with E-state index in [4.69, 9.17) is 21.0 Å². The fourth-order valence-corrected chi connectivity index (χ4v) is 13.9. The standard InChI is InChI=1S/C67H97N13O18S2/c1-38(2)27-47-61(90)73-49(32-56(85)86)63(92)78-57(39(3)4)67(96)80-24-12-15-53(80)65(94)75-48(31-40-16-18-43(81)19-17-40)62(91)72-46(20-21-55(83)84)60(89)76-50(58(69)87)36-99-34-41-28-42-30-44(29-41)97-25-9-5-6-10-26-98-70-33-54(82)71-45(13-7-8-22-68)59(88)77-51(37-100-35-42)66(95)79-23-11-14-52(79)64(93)74-47/h16-19,28-30,33,38-39,45-53,57,81H,5-15,20-27,31-32,34-37,68H2,1-4H3,(H2,69,87)(H,71,82)(H,72,91)(H,73,90)(H,74,93)(H,75,94)(H,76,89)(H,77,88)(H,78,92)(H,83,84)(H,85,86)/p-2/b70-33+/t45-,46-,47-,48-,49-,50-,51-,52-,53-,57-/m0/s1. The van der Waals surface area contributed by atoms with Gasteiger partial charge in [-0.2, -0.15) is 23.5 Å². The van der Waals surface area contributed by atoms with Crippen molar-refractivity contribution in [1.29, 1.82) is 0 Å². The third-order valence-corrected chi connectivity index (χ3v) is 19.4. The molecule has 2 aromatic carbocycles. The lowest BCUT2D eigenvalue weighted by Crippen LogP contribution is -2.61. The van der Waals surface area contributed by atoms with Crippen LogP contribution in [0.2, 0.25) is 0 Å². The number of nitrogens with zero attached hydrogens (tertiary/aromatic N) is 3. The van der Waals surface area contributed by atoms with Crippen molar-refractivity contribution in [3.8, 4) is 11.5 Å². The van der Waals surface area contributed by atoms with Crippen LogP contribution in [0.5, 0.6) is 11.5 Å². The van der Waals surface area contributed by atoms with Gasteiger partial charge in [-0.05, 0) is 149 Å². The normalized spacial score (nSPS) is 25.8. The Morgan fingerprint density at radius 2 is 1.18 bits per heavy atom. The number of ether oxygens (including phenoxy) is 1. The number of hydrogen-bond donors (Lipinski definition) is 11. The van der Waals surface area contributed by atoms with Gasteiger partial charge in [0.2, 0.25) is 59.1 Å². The van der Waals surface area contributed by atoms with Gasteiger partial charge in [0.15, 0.2) is 0 Å². The van der Waals surface area contributed by atoms with Crippen LogP contribution in [-0.4, -0.2) is 203 Å². The number of rotatable bonds is 15. The molecule has 0 radical (unpaired) electrons. The largest absolute Gasteiger partial charge is 0.550 e. The summed E-state index contributed by atoms with van der Waals surface area (Å²) in [5.74, 6) is -13.6. The average Bonchev–Trinajstić information content (AvgIpc) is 1.57. The lowest BCUT2D eigenvalue weighted by molar-refractivity contribution is -0.307. The number of aromatic hydroxyl groups is 1. The van der Waals surface area contributed by atoms with E-state index in [9.17, 15) is 72.9 Å². The number of amides is 11. The number of oxime groups is 1. The Bertz CT molecular complexity index is 3230. The number of unbranched alkanes of at least 4 members (excludes halogenated alkanes) is 1. The van der Waals surface area contributed by atoms with E-state index in [-0.39, 0.29) is 99.4 Å². The van der Waals surface area contributed by atoms with Crippen LogP contribution in [0.3, 0.4) is 0 Å². The number of hydrogen-bond acceptors (Lipinski definition) is 22. The van der Waals surface area contributed by atoms with Gasteiger partial charge in [0, 0.05) is 60.9 Å². The van der Waals surface area contributed by atoms with Crippen LogP contribution in [0.15, 0.2) is 47.6 Å². The molecule has 13 N–H and O–H groups in total. The predicted octanol–water partition coefficient (Wildman–Crippen LogP) is -2.08. The molecule has 6 rings (SSSR count). The summed E-state index contributed by atoms with van der Waals surface area (Å²) in [6, 6.07) is -3.42. The quantitative estimate of drug-likeness (QED) is 0.0852. The van der Waals surface area contributed by atoms with Crippen molar-refractivity contribution in [1.82, 2.24) is 52.3 Å². The van der Waals surface area contributed by atoms with E-state index in [1.165, 1.54) is 57.6 Å². The molecule has 4 heterocycles. The molecule has 2 fully saturated rings. The van der Waals surface area contributed by atoms with Crippen molar-refractivity contribution in [2.75, 3.05) is 44.4 Å². The molecule has 0 spiro atoms. The lowest BCUT2D eigenvalue weighted by atomic mass is 10.00. The van der Waals surface area contributed by atoms with Gasteiger partial charge in [-0.3, -0.25) is 52.7 Å². The highest BCUT2D eigenvalue weighted by molar-refractivity contribution is 7.98. The topological polar surface area (TPSA) is 474 Å². The van der Waals surface area contributed by atoms with Crippen molar-refractivity contribution < 1.29 is 87.2 Å². The first-order valence-electron chi connectivity index (χ1n) is 34.0. The second-order valence-corrected chi connectivity index (χ2v) is 28.1. The van der Waals surface area contributed by atoms with Gasteiger partial charge in [-0.25, -0.2) is 0 Å². The summed E-state index contributed by atoms with van der Waals surface area (Å²) in [6.07, 6.45) is 2.64. The average molecular weight is 1430 g/mol. The molecule has 33 heteroatoms. The maximum absolute atomic E-state index is 15.1. The first-order valence-corrected chi connectivity index (χ1v) is 36.3. The number of carboxylic acid groups (broad SMARTS) is 2. The molecule has 0 aromatic heterocycles. The zero-order valence-corrected chi connectivity index (χ0v) is 58.6. The van der Waals surface area contributed by atoms with Gasteiger partial charge in [-0.15, -0.1) is 0 Å². The zero-order chi connectivity index (χ0) is 73.0. The summed E-state index contributed by atoms with van der Waals surface area (Å²) >= 11 is 2.43. The van der Waals surface area contributed by atoms with E-state index in [0.29, 0.717) is 61.2 Å². The molecule has 4 bridgehead atoms. The molecule has 2 aromatic rings. The van der Waals surface area contributed by atoms with Gasteiger partial charge < -0.3 is 98.3 Å². The number of thioether (sulfide) groups is 2. The summed E-state index contributed by atoms with van der Waals surface area (Å²) in [5.41, 5.74) is 13.5. The van der Waals surface area contributed by atoms with E-state index in [1.54, 1.807) is 33.8 Å². The van der Waals surface area contributed by atoms with Crippen LogP contribution in [0.1, 0.15) is 141 Å². The number of aliphatic carboxylic acids is 2. The third-order valence-electron chi connectivity index (χ3n) is 17.2. The summed E-state index contributed by atoms with van der Waals surface area (Å²) in [6.45, 7) is 7.41. The number of fused-ring (bicyclic) bond motifs is 7. The first-order chi connectivity index (χ1) is 47.7. The Balaban J connectivity index is 1.42. The molecule has 100 heavy (non-hydrogen) atoms. The minimum absolute atomic E-state index is 0.0339. The number of nitrogens with one attached hydrogen (secondary N) is 8. The maximum atomic E-state index is 15.1. The number of carbonyl (C=O) groups is 13. The van der Waals surface area contributed by atoms with Crippen LogP contribution in [-0.2, 0) is 85.1 Å². The van der Waals surface area contributed by atoms with E-state index in [2.05, 4.69) is 47.7 Å². The highest BCUT2D eigenvalue weighted by Crippen LogP contribution is 2.28. The smallest absolute Gasteiger partial charge is 0.266 e. The van der Waals surface area contributed by atoms with Crippen LogP contribution in [0, 0.1) is 11.8 Å². The Labute approximate surface area is 589 Å². The van der Waals surface area contributed by atoms with Gasteiger partial charge in [0.25, 0.3) is 5.91 Å². The van der Waals surface area contributed by atoms with Crippen molar-refractivity contribution in [3.63, 3.8) is 0 Å². The summed E-state index contributed by atoms with van der Waals surface area (Å²) in [7, 11) is 0. The number of primary amides is 1. The minimum Gasteiger partial charge on any atom is -0.550 e. The molecular formula is C67H95N13O18S2-2. The second-order valence-electron chi connectivity index (χ2n) is 26.1. The lowest BCUT2D eigenvalue weighted by Gasteiger charge is -2.33. The van der Waals surface area contributed by atoms with Crippen molar-refractivity contribution in [2.24, 2.45) is 28.5 Å². The predicted molar refractivity (Wildman–Crippen MR) is 364 cm³/mol. The fourth-order valence-electron chi connectivity index (χ4n) is 11.9. The SMILES string of the molecule is CC(C)C[C@@H]1NC(=O)[C@@H]2CCCN2C(=O)[C@@H]2CSCc3cc(cc(c3)OCCCCCCO/N=C/C(=O)N[C@@H](CCCCN)C(=O)N2)CSC[C@@H](C(N)=O)NC(=O)[C@H](CCC(=O)[O-])NC(=O)[C@H](Cc2ccc(O)cc2)NC(=O)[C@@H]2CCCN2C(=O)[C@H](C(C)C)NC(=O)[C@H](CC(=O)[O-])NC1=O. The number of phenols is 1. The fraction of sp³-hybridized carbons (Fsp3) is 0.612. The highest BCUT2D eigenvalue weighted by atomic mass is 32.2. The first kappa shape index (κ1) is 80.3. The van der Waals surface area contributed by atoms with E-state index in [1.807, 2.05) is 12.1 Å². The van der Waals surface area contributed by atoms with Crippen molar-refractivity contribution in [3.05, 3.63) is 59.2 Å².